The standard InChI is InChI=1S/C17H23N5O2/c1-13-9-20(10-14-11-22-4-2-3-18-17(22)19-14)12-15(13)16(23)21-5-7-24-8-6-21/h2-4,11,13,15H,5-10,12H2,1H3/t13-,15-/m1/s1. The molecule has 0 aliphatic carbocycles. The summed E-state index contributed by atoms with van der Waals surface area (Å²) in [6.07, 6.45) is 5.72. The number of aromatic nitrogens is 3. The van der Waals surface area contributed by atoms with E-state index in [1.807, 2.05) is 27.8 Å². The number of amides is 1. The second-order valence-electron chi connectivity index (χ2n) is 6.77. The third-order valence-corrected chi connectivity index (χ3v) is 5.00. The van der Waals surface area contributed by atoms with E-state index in [4.69, 9.17) is 4.74 Å². The molecular formula is C17H23N5O2. The van der Waals surface area contributed by atoms with Crippen molar-refractivity contribution in [3.8, 4) is 0 Å². The van der Waals surface area contributed by atoms with Gasteiger partial charge in [-0.2, -0.15) is 0 Å². The number of nitrogens with zero attached hydrogens (tertiary/aromatic N) is 5. The van der Waals surface area contributed by atoms with Crippen LogP contribution in [0.5, 0.6) is 0 Å². The minimum atomic E-state index is 0.0817. The van der Waals surface area contributed by atoms with Crippen LogP contribution in [-0.2, 0) is 16.1 Å². The van der Waals surface area contributed by atoms with Crippen LogP contribution in [0.4, 0.5) is 0 Å². The molecule has 0 bridgehead atoms. The first-order valence-corrected chi connectivity index (χ1v) is 8.58. The van der Waals surface area contributed by atoms with Crippen LogP contribution in [0.3, 0.4) is 0 Å². The van der Waals surface area contributed by atoms with Crippen molar-refractivity contribution in [3.63, 3.8) is 0 Å². The van der Waals surface area contributed by atoms with Gasteiger partial charge in [0.15, 0.2) is 0 Å². The van der Waals surface area contributed by atoms with E-state index in [1.165, 1.54) is 0 Å². The quantitative estimate of drug-likeness (QED) is 0.828. The van der Waals surface area contributed by atoms with E-state index in [9.17, 15) is 4.79 Å². The summed E-state index contributed by atoms with van der Waals surface area (Å²) in [6, 6.07) is 1.90. The summed E-state index contributed by atoms with van der Waals surface area (Å²) in [5.41, 5.74) is 1.00. The van der Waals surface area contributed by atoms with Gasteiger partial charge in [-0.1, -0.05) is 6.92 Å². The van der Waals surface area contributed by atoms with Crippen molar-refractivity contribution in [3.05, 3.63) is 30.4 Å². The van der Waals surface area contributed by atoms with E-state index in [0.29, 0.717) is 19.1 Å². The maximum Gasteiger partial charge on any atom is 0.233 e. The molecule has 0 spiro atoms. The number of carbonyl (C=O) groups excluding carboxylic acids is 1. The van der Waals surface area contributed by atoms with Crippen molar-refractivity contribution in [1.82, 2.24) is 24.2 Å². The molecule has 128 valence electrons. The van der Waals surface area contributed by atoms with Gasteiger partial charge >= 0.3 is 0 Å². The van der Waals surface area contributed by atoms with Gasteiger partial charge in [0.2, 0.25) is 11.7 Å². The van der Waals surface area contributed by atoms with Crippen molar-refractivity contribution in [1.29, 1.82) is 0 Å². The number of morpholine rings is 1. The summed E-state index contributed by atoms with van der Waals surface area (Å²) in [7, 11) is 0. The van der Waals surface area contributed by atoms with Crippen molar-refractivity contribution >= 4 is 11.7 Å². The Morgan fingerprint density at radius 3 is 2.96 bits per heavy atom. The second-order valence-corrected chi connectivity index (χ2v) is 6.77. The molecule has 2 aromatic rings. The van der Waals surface area contributed by atoms with Gasteiger partial charge < -0.3 is 9.64 Å². The Balaban J connectivity index is 1.41. The first kappa shape index (κ1) is 15.5. The van der Waals surface area contributed by atoms with Crippen molar-refractivity contribution in [2.45, 2.75) is 13.5 Å². The van der Waals surface area contributed by atoms with E-state index in [-0.39, 0.29) is 11.8 Å². The number of likely N-dealkylation sites (tertiary alicyclic amines) is 1. The summed E-state index contributed by atoms with van der Waals surface area (Å²) in [4.78, 5) is 25.9. The molecule has 0 aromatic carbocycles. The van der Waals surface area contributed by atoms with Gasteiger partial charge in [-0.3, -0.25) is 14.1 Å². The van der Waals surface area contributed by atoms with E-state index in [0.717, 1.165) is 44.2 Å². The highest BCUT2D eigenvalue weighted by Gasteiger charge is 2.37. The molecule has 2 saturated heterocycles. The predicted octanol–water partition coefficient (Wildman–Crippen LogP) is 0.656. The lowest BCUT2D eigenvalue weighted by Crippen LogP contribution is -2.45. The molecule has 4 heterocycles. The Morgan fingerprint density at radius 1 is 1.33 bits per heavy atom. The van der Waals surface area contributed by atoms with Gasteiger partial charge in [-0.05, 0) is 12.0 Å². The lowest BCUT2D eigenvalue weighted by atomic mass is 9.96. The maximum absolute atomic E-state index is 12.8. The molecule has 7 heteroatoms. The maximum atomic E-state index is 12.8. The van der Waals surface area contributed by atoms with Gasteiger partial charge in [0, 0.05) is 51.3 Å². The van der Waals surface area contributed by atoms with Crippen molar-refractivity contribution < 1.29 is 9.53 Å². The zero-order valence-corrected chi connectivity index (χ0v) is 14.0. The number of hydrogen-bond donors (Lipinski definition) is 0. The minimum absolute atomic E-state index is 0.0817. The lowest BCUT2D eigenvalue weighted by molar-refractivity contribution is -0.140. The fourth-order valence-corrected chi connectivity index (χ4v) is 3.72. The number of imidazole rings is 1. The fraction of sp³-hybridized carbons (Fsp3) is 0.588. The molecule has 2 aromatic heterocycles. The Labute approximate surface area is 141 Å². The van der Waals surface area contributed by atoms with Crippen LogP contribution >= 0.6 is 0 Å². The smallest absolute Gasteiger partial charge is 0.233 e. The Morgan fingerprint density at radius 2 is 2.17 bits per heavy atom. The summed E-state index contributed by atoms with van der Waals surface area (Å²) < 4.78 is 7.28. The first-order chi connectivity index (χ1) is 11.7. The number of hydrogen-bond acceptors (Lipinski definition) is 5. The number of rotatable bonds is 3. The Bertz CT molecular complexity index is 692. The molecule has 7 nitrogen and oxygen atoms in total. The summed E-state index contributed by atoms with van der Waals surface area (Å²) in [6.45, 7) is 7.44. The second kappa shape index (κ2) is 6.49. The fourth-order valence-electron chi connectivity index (χ4n) is 3.72. The SMILES string of the molecule is C[C@@H]1CN(Cc2cn3cccnc3n2)C[C@H]1C(=O)N1CCOCC1. The van der Waals surface area contributed by atoms with Gasteiger partial charge in [-0.25, -0.2) is 9.97 Å². The molecule has 2 atom stereocenters. The minimum Gasteiger partial charge on any atom is -0.378 e. The van der Waals surface area contributed by atoms with Crippen LogP contribution < -0.4 is 0 Å². The Kier molecular flexibility index (Phi) is 4.20. The summed E-state index contributed by atoms with van der Waals surface area (Å²) in [5, 5.41) is 0. The molecule has 0 N–H and O–H groups in total. The van der Waals surface area contributed by atoms with Crippen LogP contribution in [0.2, 0.25) is 0 Å². The topological polar surface area (TPSA) is 63.0 Å². The van der Waals surface area contributed by atoms with Crippen LogP contribution in [0.15, 0.2) is 24.7 Å². The number of carbonyl (C=O) groups is 1. The van der Waals surface area contributed by atoms with Gasteiger partial charge in [0.05, 0.1) is 24.8 Å². The highest BCUT2D eigenvalue weighted by Crippen LogP contribution is 2.26. The summed E-state index contributed by atoms with van der Waals surface area (Å²) in [5.74, 6) is 1.46. The molecule has 0 unspecified atom stereocenters. The molecule has 2 fully saturated rings. The monoisotopic (exact) mass is 329 g/mol. The van der Waals surface area contributed by atoms with E-state index in [1.54, 1.807) is 6.20 Å². The van der Waals surface area contributed by atoms with E-state index in [2.05, 4.69) is 21.8 Å². The largest absolute Gasteiger partial charge is 0.378 e. The van der Waals surface area contributed by atoms with Gasteiger partial charge in [-0.15, -0.1) is 0 Å². The zero-order chi connectivity index (χ0) is 16.5. The number of ether oxygens (including phenoxy) is 1. The third kappa shape index (κ3) is 3.01. The summed E-state index contributed by atoms with van der Waals surface area (Å²) >= 11 is 0. The average molecular weight is 329 g/mol. The van der Waals surface area contributed by atoms with E-state index < -0.39 is 0 Å². The molecule has 0 radical (unpaired) electrons. The van der Waals surface area contributed by atoms with Crippen molar-refractivity contribution in [2.24, 2.45) is 11.8 Å². The normalized spacial score (nSPS) is 25.5. The molecular weight excluding hydrogens is 306 g/mol. The molecule has 24 heavy (non-hydrogen) atoms. The van der Waals surface area contributed by atoms with Crippen LogP contribution in [0.1, 0.15) is 12.6 Å². The molecule has 2 aliphatic heterocycles. The Hall–Kier alpha value is -1.99. The lowest BCUT2D eigenvalue weighted by Gasteiger charge is -2.30. The van der Waals surface area contributed by atoms with Crippen LogP contribution in [0.25, 0.3) is 5.78 Å². The van der Waals surface area contributed by atoms with E-state index >= 15 is 0 Å². The number of fused-ring (bicyclic) bond motifs is 1. The molecule has 0 saturated carbocycles. The van der Waals surface area contributed by atoms with Crippen molar-refractivity contribution in [2.75, 3.05) is 39.4 Å². The highest BCUT2D eigenvalue weighted by molar-refractivity contribution is 5.79. The van der Waals surface area contributed by atoms with Crippen LogP contribution in [0, 0.1) is 11.8 Å². The van der Waals surface area contributed by atoms with Gasteiger partial charge in [0.25, 0.3) is 0 Å². The third-order valence-electron chi connectivity index (χ3n) is 5.00. The zero-order valence-electron chi connectivity index (χ0n) is 14.0. The first-order valence-electron chi connectivity index (χ1n) is 8.58. The average Bonchev–Trinajstić information content (AvgIpc) is 3.17. The predicted molar refractivity (Wildman–Crippen MR) is 88.3 cm³/mol. The van der Waals surface area contributed by atoms with Crippen LogP contribution in [-0.4, -0.2) is 69.5 Å². The molecule has 1 amide bonds. The highest BCUT2D eigenvalue weighted by atomic mass is 16.5. The van der Waals surface area contributed by atoms with Gasteiger partial charge in [0.1, 0.15) is 0 Å². The molecule has 2 aliphatic rings. The molecule has 4 rings (SSSR count).